The number of hydrogen-bond acceptors (Lipinski definition) is 4. The second kappa shape index (κ2) is 6.21. The Morgan fingerprint density at radius 3 is 2.67 bits per heavy atom. The van der Waals surface area contributed by atoms with Gasteiger partial charge in [0.2, 0.25) is 15.9 Å². The molecule has 5 nitrogen and oxygen atoms in total. The van der Waals surface area contributed by atoms with Crippen LogP contribution in [0, 0.1) is 6.92 Å². The summed E-state index contributed by atoms with van der Waals surface area (Å²) in [5, 5.41) is 9.67. The predicted octanol–water partition coefficient (Wildman–Crippen LogP) is 2.36. The van der Waals surface area contributed by atoms with E-state index >= 15 is 0 Å². The molecule has 0 atom stereocenters. The molecule has 0 saturated carbocycles. The molecule has 2 rings (SSSR count). The highest BCUT2D eigenvalue weighted by Gasteiger charge is 2.10. The van der Waals surface area contributed by atoms with Crippen molar-refractivity contribution < 1.29 is 13.2 Å². The number of amides is 1. The van der Waals surface area contributed by atoms with Gasteiger partial charge in [0.1, 0.15) is 0 Å². The molecular formula is C14H14N2O3S2. The van der Waals surface area contributed by atoms with E-state index in [2.05, 4.69) is 5.32 Å². The lowest BCUT2D eigenvalue weighted by molar-refractivity contribution is -0.111. The first kappa shape index (κ1) is 15.4. The number of aryl methyl sites for hydroxylation is 1. The third-order valence-electron chi connectivity index (χ3n) is 2.73. The van der Waals surface area contributed by atoms with Crippen LogP contribution in [0.25, 0.3) is 6.08 Å². The molecule has 0 radical (unpaired) electrons. The van der Waals surface area contributed by atoms with Gasteiger partial charge in [-0.3, -0.25) is 4.79 Å². The number of nitrogens with two attached hydrogens (primary N) is 1. The van der Waals surface area contributed by atoms with Crippen molar-refractivity contribution in [2.75, 3.05) is 5.32 Å². The van der Waals surface area contributed by atoms with Crippen molar-refractivity contribution in [3.63, 3.8) is 0 Å². The van der Waals surface area contributed by atoms with Crippen molar-refractivity contribution in [1.82, 2.24) is 0 Å². The number of carbonyl (C=O) groups excluding carboxylic acids is 1. The van der Waals surface area contributed by atoms with Crippen LogP contribution in [-0.4, -0.2) is 14.3 Å². The number of primary sulfonamides is 1. The quantitative estimate of drug-likeness (QED) is 0.847. The van der Waals surface area contributed by atoms with E-state index in [-0.39, 0.29) is 10.8 Å². The second-order valence-electron chi connectivity index (χ2n) is 4.36. The van der Waals surface area contributed by atoms with E-state index in [1.807, 2.05) is 17.5 Å². The van der Waals surface area contributed by atoms with Gasteiger partial charge in [-0.05, 0) is 48.2 Å². The molecule has 21 heavy (non-hydrogen) atoms. The number of benzene rings is 1. The monoisotopic (exact) mass is 322 g/mol. The minimum atomic E-state index is -3.74. The Labute approximate surface area is 127 Å². The molecular weight excluding hydrogens is 308 g/mol. The fraction of sp³-hybridized carbons (Fsp3) is 0.0714. The lowest BCUT2D eigenvalue weighted by Crippen LogP contribution is -2.13. The lowest BCUT2D eigenvalue weighted by Gasteiger charge is -2.07. The summed E-state index contributed by atoms with van der Waals surface area (Å²) in [5.41, 5.74) is 1.17. The molecule has 1 aromatic carbocycles. The minimum absolute atomic E-state index is 0.0205. The molecule has 0 bridgehead atoms. The van der Waals surface area contributed by atoms with Crippen LogP contribution in [0.5, 0.6) is 0 Å². The average Bonchev–Trinajstić information content (AvgIpc) is 2.91. The highest BCUT2D eigenvalue weighted by atomic mass is 32.2. The molecule has 1 aromatic heterocycles. The first-order valence-corrected chi connectivity index (χ1v) is 8.45. The Balaban J connectivity index is 2.11. The highest BCUT2D eigenvalue weighted by molar-refractivity contribution is 7.89. The predicted molar refractivity (Wildman–Crippen MR) is 84.5 cm³/mol. The number of anilines is 1. The van der Waals surface area contributed by atoms with Crippen molar-refractivity contribution >= 4 is 39.0 Å². The fourth-order valence-corrected chi connectivity index (χ4v) is 2.89. The maximum atomic E-state index is 11.8. The summed E-state index contributed by atoms with van der Waals surface area (Å²) >= 11 is 1.53. The van der Waals surface area contributed by atoms with Crippen molar-refractivity contribution in [2.24, 2.45) is 5.14 Å². The van der Waals surface area contributed by atoms with E-state index in [1.165, 1.54) is 35.6 Å². The Bertz CT molecular complexity index is 779. The number of carbonyl (C=O) groups is 1. The SMILES string of the molecule is Cc1cc(S(N)(=O)=O)ccc1NC(=O)/C=C/c1cccs1. The lowest BCUT2D eigenvalue weighted by atomic mass is 10.2. The molecule has 1 heterocycles. The molecule has 0 aliphatic carbocycles. The Kier molecular flexibility index (Phi) is 4.56. The number of hydrogen-bond donors (Lipinski definition) is 2. The normalized spacial score (nSPS) is 11.7. The van der Waals surface area contributed by atoms with Crippen molar-refractivity contribution in [1.29, 1.82) is 0 Å². The van der Waals surface area contributed by atoms with Gasteiger partial charge in [0, 0.05) is 16.6 Å². The summed E-state index contributed by atoms with van der Waals surface area (Å²) in [6.45, 7) is 1.70. The van der Waals surface area contributed by atoms with Crippen LogP contribution < -0.4 is 10.5 Å². The molecule has 1 amide bonds. The van der Waals surface area contributed by atoms with Crippen LogP contribution in [0.1, 0.15) is 10.4 Å². The number of nitrogens with one attached hydrogen (secondary N) is 1. The van der Waals surface area contributed by atoms with Gasteiger partial charge in [-0.1, -0.05) is 6.07 Å². The summed E-state index contributed by atoms with van der Waals surface area (Å²) in [6, 6.07) is 8.11. The van der Waals surface area contributed by atoms with Gasteiger partial charge < -0.3 is 5.32 Å². The Hall–Kier alpha value is -1.96. The maximum Gasteiger partial charge on any atom is 0.248 e. The summed E-state index contributed by atoms with van der Waals surface area (Å²) in [5.74, 6) is -0.283. The first-order valence-electron chi connectivity index (χ1n) is 6.02. The van der Waals surface area contributed by atoms with Crippen LogP contribution in [0.15, 0.2) is 46.7 Å². The molecule has 0 aliphatic heterocycles. The van der Waals surface area contributed by atoms with Gasteiger partial charge in [0.25, 0.3) is 0 Å². The van der Waals surface area contributed by atoms with Crippen molar-refractivity contribution in [3.8, 4) is 0 Å². The van der Waals surface area contributed by atoms with Gasteiger partial charge in [-0.25, -0.2) is 13.6 Å². The zero-order chi connectivity index (χ0) is 15.5. The first-order chi connectivity index (χ1) is 9.86. The molecule has 3 N–H and O–H groups in total. The summed E-state index contributed by atoms with van der Waals surface area (Å²) in [4.78, 5) is 12.8. The van der Waals surface area contributed by atoms with E-state index in [4.69, 9.17) is 5.14 Å². The van der Waals surface area contributed by atoms with Crippen LogP contribution in [-0.2, 0) is 14.8 Å². The molecule has 0 aliphatic rings. The number of thiophene rings is 1. The standard InChI is InChI=1S/C14H14N2O3S2/c1-10-9-12(21(15,18)19)5-6-13(10)16-14(17)7-4-11-3-2-8-20-11/h2-9H,1H3,(H,16,17)(H2,15,18,19)/b7-4+. The zero-order valence-electron chi connectivity index (χ0n) is 11.2. The van der Waals surface area contributed by atoms with Crippen LogP contribution in [0.3, 0.4) is 0 Å². The summed E-state index contributed by atoms with van der Waals surface area (Å²) < 4.78 is 22.5. The van der Waals surface area contributed by atoms with E-state index in [0.717, 1.165) is 4.88 Å². The van der Waals surface area contributed by atoms with E-state index in [1.54, 1.807) is 13.0 Å². The number of sulfonamides is 1. The molecule has 0 saturated heterocycles. The van der Waals surface area contributed by atoms with Gasteiger partial charge in [-0.2, -0.15) is 0 Å². The second-order valence-corrected chi connectivity index (χ2v) is 6.90. The van der Waals surface area contributed by atoms with E-state index < -0.39 is 10.0 Å². The Morgan fingerprint density at radius 1 is 1.33 bits per heavy atom. The largest absolute Gasteiger partial charge is 0.322 e. The average molecular weight is 322 g/mol. The van der Waals surface area contributed by atoms with Crippen molar-refractivity contribution in [3.05, 3.63) is 52.2 Å². The zero-order valence-corrected chi connectivity index (χ0v) is 12.9. The highest BCUT2D eigenvalue weighted by Crippen LogP contribution is 2.19. The van der Waals surface area contributed by atoms with Crippen molar-refractivity contribution in [2.45, 2.75) is 11.8 Å². The van der Waals surface area contributed by atoms with Crippen LogP contribution in [0.2, 0.25) is 0 Å². The Morgan fingerprint density at radius 2 is 2.10 bits per heavy atom. The summed E-state index contributed by atoms with van der Waals surface area (Å²) in [7, 11) is -3.74. The molecule has 0 unspecified atom stereocenters. The van der Waals surface area contributed by atoms with Gasteiger partial charge >= 0.3 is 0 Å². The fourth-order valence-electron chi connectivity index (χ4n) is 1.67. The van der Waals surface area contributed by atoms with Gasteiger partial charge in [0.15, 0.2) is 0 Å². The topological polar surface area (TPSA) is 89.3 Å². The molecule has 7 heteroatoms. The van der Waals surface area contributed by atoms with E-state index in [0.29, 0.717) is 11.3 Å². The molecule has 2 aromatic rings. The third-order valence-corrected chi connectivity index (χ3v) is 4.47. The maximum absolute atomic E-state index is 11.8. The van der Waals surface area contributed by atoms with Gasteiger partial charge in [-0.15, -0.1) is 11.3 Å². The minimum Gasteiger partial charge on any atom is -0.322 e. The molecule has 110 valence electrons. The molecule has 0 spiro atoms. The van der Waals surface area contributed by atoms with Crippen LogP contribution >= 0.6 is 11.3 Å². The van der Waals surface area contributed by atoms with Crippen LogP contribution in [0.4, 0.5) is 5.69 Å². The summed E-state index contributed by atoms with van der Waals surface area (Å²) in [6.07, 6.45) is 3.15. The van der Waals surface area contributed by atoms with E-state index in [9.17, 15) is 13.2 Å². The molecule has 0 fully saturated rings. The van der Waals surface area contributed by atoms with Gasteiger partial charge in [0.05, 0.1) is 4.90 Å². The smallest absolute Gasteiger partial charge is 0.248 e. The third kappa shape index (κ3) is 4.25. The number of rotatable bonds is 4.